The van der Waals surface area contributed by atoms with E-state index >= 15 is 0 Å². The summed E-state index contributed by atoms with van der Waals surface area (Å²) < 4.78 is 1.35. The molecule has 0 aliphatic heterocycles. The number of hydrogen-bond acceptors (Lipinski definition) is 2. The van der Waals surface area contributed by atoms with Gasteiger partial charge in [-0.25, -0.2) is 0 Å². The number of nitrogens with two attached hydrogens (primary N) is 1. The number of halogens is 1. The Balaban J connectivity index is 1.93. The highest BCUT2D eigenvalue weighted by Crippen LogP contribution is 2.37. The summed E-state index contributed by atoms with van der Waals surface area (Å²) >= 11 is 4.19. The highest BCUT2D eigenvalue weighted by Gasteiger charge is 2.26. The van der Waals surface area contributed by atoms with Crippen molar-refractivity contribution in [2.24, 2.45) is 17.6 Å². The normalized spacial score (nSPS) is 27.9. The Morgan fingerprint density at radius 3 is 2.62 bits per heavy atom. The molecule has 90 valence electrons. The summed E-state index contributed by atoms with van der Waals surface area (Å²) in [5, 5.41) is 2.23. The minimum absolute atomic E-state index is 0.276. The second-order valence-corrected chi connectivity index (χ2v) is 7.70. The van der Waals surface area contributed by atoms with Crippen LogP contribution in [0.2, 0.25) is 0 Å². The Morgan fingerprint density at radius 2 is 2.12 bits per heavy atom. The number of hydrogen-bond donors (Lipinski definition) is 1. The number of thiophene rings is 1. The highest BCUT2D eigenvalue weighted by atomic mass is 127. The minimum Gasteiger partial charge on any atom is -0.324 e. The molecule has 1 heterocycles. The van der Waals surface area contributed by atoms with Gasteiger partial charge in [0.2, 0.25) is 0 Å². The molecule has 1 aliphatic rings. The largest absolute Gasteiger partial charge is 0.324 e. The Hall–Kier alpha value is 0.390. The van der Waals surface area contributed by atoms with Crippen molar-refractivity contribution in [1.82, 2.24) is 0 Å². The van der Waals surface area contributed by atoms with Crippen LogP contribution in [0.3, 0.4) is 0 Å². The van der Waals surface area contributed by atoms with Gasteiger partial charge in [-0.3, -0.25) is 0 Å². The van der Waals surface area contributed by atoms with E-state index in [0.717, 1.165) is 5.92 Å². The molecule has 0 amide bonds. The molecule has 2 N–H and O–H groups in total. The SMILES string of the molecule is CCC1CCC(C(N)c2csc(I)c2)CC1. The van der Waals surface area contributed by atoms with Crippen LogP contribution in [-0.4, -0.2) is 0 Å². The van der Waals surface area contributed by atoms with Gasteiger partial charge in [-0.05, 0) is 64.3 Å². The molecule has 1 saturated carbocycles. The molecule has 3 heteroatoms. The summed E-state index contributed by atoms with van der Waals surface area (Å²) in [4.78, 5) is 0. The Bertz CT molecular complexity index is 328. The lowest BCUT2D eigenvalue weighted by Crippen LogP contribution is -2.25. The molecule has 1 unspecified atom stereocenters. The summed E-state index contributed by atoms with van der Waals surface area (Å²) in [6.45, 7) is 2.31. The van der Waals surface area contributed by atoms with Crippen LogP contribution < -0.4 is 5.73 Å². The van der Waals surface area contributed by atoms with E-state index < -0.39 is 0 Å². The molecule has 1 nitrogen and oxygen atoms in total. The van der Waals surface area contributed by atoms with E-state index in [0.29, 0.717) is 5.92 Å². The lowest BCUT2D eigenvalue weighted by molar-refractivity contribution is 0.240. The van der Waals surface area contributed by atoms with Crippen LogP contribution in [0, 0.1) is 14.7 Å². The Labute approximate surface area is 116 Å². The van der Waals surface area contributed by atoms with Crippen LogP contribution >= 0.6 is 33.9 Å². The fourth-order valence-corrected chi connectivity index (χ4v) is 4.14. The fourth-order valence-electron chi connectivity index (χ4n) is 2.73. The van der Waals surface area contributed by atoms with Crippen molar-refractivity contribution in [3.8, 4) is 0 Å². The quantitative estimate of drug-likeness (QED) is 0.795. The summed E-state index contributed by atoms with van der Waals surface area (Å²) in [5.74, 6) is 1.68. The second kappa shape index (κ2) is 5.83. The predicted octanol–water partition coefficient (Wildman–Crippen LogP) is 4.57. The molecule has 1 aromatic rings. The Kier molecular flexibility index (Phi) is 4.67. The van der Waals surface area contributed by atoms with E-state index in [-0.39, 0.29) is 6.04 Å². The molecule has 1 aromatic heterocycles. The van der Waals surface area contributed by atoms with Crippen LogP contribution in [-0.2, 0) is 0 Å². The zero-order valence-corrected chi connectivity index (χ0v) is 12.8. The van der Waals surface area contributed by atoms with Crippen LogP contribution in [0.25, 0.3) is 0 Å². The maximum absolute atomic E-state index is 6.37. The molecule has 1 aliphatic carbocycles. The summed E-state index contributed by atoms with van der Waals surface area (Å²) in [7, 11) is 0. The molecule has 1 atom stereocenters. The first-order valence-electron chi connectivity index (χ1n) is 6.20. The molecular weight excluding hydrogens is 329 g/mol. The average Bonchev–Trinajstić information content (AvgIpc) is 2.75. The maximum atomic E-state index is 6.37. The van der Waals surface area contributed by atoms with Gasteiger partial charge in [-0.2, -0.15) is 0 Å². The third-order valence-corrected chi connectivity index (χ3v) is 5.76. The summed E-state index contributed by atoms with van der Waals surface area (Å²) in [6.07, 6.45) is 6.77. The van der Waals surface area contributed by atoms with Crippen molar-refractivity contribution >= 4 is 33.9 Å². The molecule has 2 rings (SSSR count). The minimum atomic E-state index is 0.276. The van der Waals surface area contributed by atoms with Crippen molar-refractivity contribution in [2.75, 3.05) is 0 Å². The second-order valence-electron chi connectivity index (χ2n) is 4.90. The molecule has 0 radical (unpaired) electrons. The van der Waals surface area contributed by atoms with Crippen LogP contribution in [0.5, 0.6) is 0 Å². The molecular formula is C13H20INS. The van der Waals surface area contributed by atoms with E-state index in [1.54, 1.807) is 0 Å². The first kappa shape index (κ1) is 12.8. The third-order valence-electron chi connectivity index (χ3n) is 3.95. The van der Waals surface area contributed by atoms with Crippen molar-refractivity contribution in [3.63, 3.8) is 0 Å². The van der Waals surface area contributed by atoms with Crippen molar-refractivity contribution in [1.29, 1.82) is 0 Å². The van der Waals surface area contributed by atoms with Gasteiger partial charge >= 0.3 is 0 Å². The van der Waals surface area contributed by atoms with Crippen LogP contribution in [0.4, 0.5) is 0 Å². The first-order chi connectivity index (χ1) is 7.70. The number of rotatable bonds is 3. The van der Waals surface area contributed by atoms with Gasteiger partial charge in [0.05, 0.1) is 2.88 Å². The van der Waals surface area contributed by atoms with E-state index in [1.165, 1.54) is 40.6 Å². The van der Waals surface area contributed by atoms with Gasteiger partial charge in [0.15, 0.2) is 0 Å². The van der Waals surface area contributed by atoms with Crippen molar-refractivity contribution in [2.45, 2.75) is 45.1 Å². The predicted molar refractivity (Wildman–Crippen MR) is 79.7 cm³/mol. The zero-order valence-electron chi connectivity index (χ0n) is 9.79. The van der Waals surface area contributed by atoms with Gasteiger partial charge < -0.3 is 5.73 Å². The lowest BCUT2D eigenvalue weighted by atomic mass is 9.76. The van der Waals surface area contributed by atoms with Gasteiger partial charge in [0.25, 0.3) is 0 Å². The highest BCUT2D eigenvalue weighted by molar-refractivity contribution is 14.1. The van der Waals surface area contributed by atoms with Crippen molar-refractivity contribution in [3.05, 3.63) is 19.9 Å². The summed E-state index contributed by atoms with van der Waals surface area (Å²) in [5.41, 5.74) is 7.73. The maximum Gasteiger partial charge on any atom is 0.0656 e. The van der Waals surface area contributed by atoms with Crippen LogP contribution in [0.1, 0.15) is 50.6 Å². The van der Waals surface area contributed by atoms with Gasteiger partial charge in [-0.15, -0.1) is 11.3 Å². The molecule has 0 aromatic carbocycles. The topological polar surface area (TPSA) is 26.0 Å². The van der Waals surface area contributed by atoms with Crippen molar-refractivity contribution < 1.29 is 0 Å². The molecule has 0 bridgehead atoms. The van der Waals surface area contributed by atoms with Crippen LogP contribution in [0.15, 0.2) is 11.4 Å². The van der Waals surface area contributed by atoms with Gasteiger partial charge in [0, 0.05) is 6.04 Å². The van der Waals surface area contributed by atoms with E-state index in [2.05, 4.69) is 41.0 Å². The Morgan fingerprint density at radius 1 is 1.44 bits per heavy atom. The molecule has 0 spiro atoms. The van der Waals surface area contributed by atoms with Gasteiger partial charge in [0.1, 0.15) is 0 Å². The van der Waals surface area contributed by atoms with Gasteiger partial charge in [-0.1, -0.05) is 26.2 Å². The molecule has 0 saturated heterocycles. The smallest absolute Gasteiger partial charge is 0.0656 e. The zero-order chi connectivity index (χ0) is 11.5. The first-order valence-corrected chi connectivity index (χ1v) is 8.16. The average molecular weight is 349 g/mol. The lowest BCUT2D eigenvalue weighted by Gasteiger charge is -2.31. The van der Waals surface area contributed by atoms with E-state index in [9.17, 15) is 0 Å². The third kappa shape index (κ3) is 2.99. The fraction of sp³-hybridized carbons (Fsp3) is 0.692. The molecule has 1 fully saturated rings. The monoisotopic (exact) mass is 349 g/mol. The summed E-state index contributed by atoms with van der Waals surface area (Å²) in [6, 6.07) is 2.53. The molecule has 16 heavy (non-hydrogen) atoms. The van der Waals surface area contributed by atoms with E-state index in [1.807, 2.05) is 11.3 Å². The van der Waals surface area contributed by atoms with E-state index in [4.69, 9.17) is 5.73 Å². The standard InChI is InChI=1S/C13H20INS/c1-2-9-3-5-10(6-4-9)13(15)11-7-12(14)16-8-11/h7-10,13H,2-6,15H2,1H3.